The number of benzene rings is 1. The highest BCUT2D eigenvalue weighted by atomic mass is 32.1. The molecule has 0 fully saturated rings. The summed E-state index contributed by atoms with van der Waals surface area (Å²) in [6.07, 6.45) is 0. The SMILES string of the molecule is CC(CNC(=O)c1c(CN)nnn1C)c1nc2ccccc2s1. The third-order valence-electron chi connectivity index (χ3n) is 3.61. The lowest BCUT2D eigenvalue weighted by atomic mass is 10.2. The molecule has 0 saturated carbocycles. The molecule has 1 aromatic carbocycles. The lowest BCUT2D eigenvalue weighted by molar-refractivity contribution is 0.0941. The average Bonchev–Trinajstić information content (AvgIpc) is 3.15. The molecule has 1 amide bonds. The summed E-state index contributed by atoms with van der Waals surface area (Å²) in [5.41, 5.74) is 7.48. The van der Waals surface area contributed by atoms with Crippen molar-refractivity contribution < 1.29 is 4.79 Å². The topological polar surface area (TPSA) is 98.7 Å². The number of nitrogens with one attached hydrogen (secondary N) is 1. The largest absolute Gasteiger partial charge is 0.350 e. The number of carbonyl (C=O) groups excluding carboxylic acids is 1. The van der Waals surface area contributed by atoms with E-state index in [4.69, 9.17) is 5.73 Å². The molecule has 0 aliphatic carbocycles. The van der Waals surface area contributed by atoms with Crippen LogP contribution >= 0.6 is 11.3 Å². The van der Waals surface area contributed by atoms with Gasteiger partial charge in [-0.2, -0.15) is 0 Å². The molecule has 0 bridgehead atoms. The number of thiazole rings is 1. The van der Waals surface area contributed by atoms with Gasteiger partial charge in [0.2, 0.25) is 0 Å². The number of nitrogens with zero attached hydrogens (tertiary/aromatic N) is 4. The third-order valence-corrected chi connectivity index (χ3v) is 4.87. The fourth-order valence-electron chi connectivity index (χ4n) is 2.33. The second-order valence-electron chi connectivity index (χ2n) is 5.34. The van der Waals surface area contributed by atoms with Gasteiger partial charge in [-0.1, -0.05) is 24.3 Å². The zero-order valence-corrected chi connectivity index (χ0v) is 13.8. The van der Waals surface area contributed by atoms with Crippen LogP contribution in [0.1, 0.15) is 34.0 Å². The van der Waals surface area contributed by atoms with Gasteiger partial charge < -0.3 is 11.1 Å². The molecular formula is C15H18N6OS. The molecule has 3 N–H and O–H groups in total. The van der Waals surface area contributed by atoms with Crippen molar-refractivity contribution in [2.75, 3.05) is 6.54 Å². The number of amides is 1. The van der Waals surface area contributed by atoms with E-state index in [0.29, 0.717) is 17.9 Å². The molecule has 0 aliphatic rings. The minimum absolute atomic E-state index is 0.124. The number of fused-ring (bicyclic) bond motifs is 1. The van der Waals surface area contributed by atoms with E-state index in [9.17, 15) is 4.79 Å². The van der Waals surface area contributed by atoms with Crippen LogP contribution in [0.5, 0.6) is 0 Å². The van der Waals surface area contributed by atoms with Gasteiger partial charge in [-0.05, 0) is 12.1 Å². The number of para-hydroxylation sites is 1. The van der Waals surface area contributed by atoms with Crippen molar-refractivity contribution in [3.8, 4) is 0 Å². The van der Waals surface area contributed by atoms with Crippen LogP contribution in [-0.2, 0) is 13.6 Å². The highest BCUT2D eigenvalue weighted by molar-refractivity contribution is 7.18. The highest BCUT2D eigenvalue weighted by Crippen LogP contribution is 2.26. The van der Waals surface area contributed by atoms with Crippen LogP contribution < -0.4 is 11.1 Å². The van der Waals surface area contributed by atoms with Crippen LogP contribution in [0.2, 0.25) is 0 Å². The maximum atomic E-state index is 12.3. The summed E-state index contributed by atoms with van der Waals surface area (Å²) in [4.78, 5) is 17.0. The van der Waals surface area contributed by atoms with E-state index in [1.807, 2.05) is 25.1 Å². The molecule has 2 heterocycles. The van der Waals surface area contributed by atoms with E-state index in [2.05, 4.69) is 26.7 Å². The zero-order chi connectivity index (χ0) is 16.4. The molecule has 1 unspecified atom stereocenters. The van der Waals surface area contributed by atoms with E-state index in [1.165, 1.54) is 4.68 Å². The van der Waals surface area contributed by atoms with Gasteiger partial charge in [0.1, 0.15) is 5.69 Å². The Kier molecular flexibility index (Phi) is 4.35. The first-order valence-electron chi connectivity index (χ1n) is 7.32. The standard InChI is InChI=1S/C15H18N6OS/c1-9(15-18-10-5-3-4-6-12(10)23-15)8-17-14(22)13-11(7-16)19-20-21(13)2/h3-6,9H,7-8,16H2,1-2H3,(H,17,22). The Bertz CT molecular complexity index is 806. The summed E-state index contributed by atoms with van der Waals surface area (Å²) >= 11 is 1.65. The number of hydrogen-bond donors (Lipinski definition) is 2. The Morgan fingerprint density at radius 2 is 2.22 bits per heavy atom. The van der Waals surface area contributed by atoms with Crippen molar-refractivity contribution >= 4 is 27.5 Å². The lowest BCUT2D eigenvalue weighted by Crippen LogP contribution is -2.30. The molecule has 120 valence electrons. The minimum atomic E-state index is -0.217. The van der Waals surface area contributed by atoms with Crippen LogP contribution in [0.15, 0.2) is 24.3 Å². The Morgan fingerprint density at radius 3 is 2.96 bits per heavy atom. The van der Waals surface area contributed by atoms with Crippen LogP contribution in [0.4, 0.5) is 0 Å². The number of aromatic nitrogens is 4. The van der Waals surface area contributed by atoms with Crippen LogP contribution in [0, 0.1) is 0 Å². The van der Waals surface area contributed by atoms with E-state index in [1.54, 1.807) is 18.4 Å². The van der Waals surface area contributed by atoms with Gasteiger partial charge in [-0.25, -0.2) is 9.67 Å². The summed E-state index contributed by atoms with van der Waals surface area (Å²) in [6.45, 7) is 2.72. The summed E-state index contributed by atoms with van der Waals surface area (Å²) in [5.74, 6) is -0.0928. The summed E-state index contributed by atoms with van der Waals surface area (Å²) in [5, 5.41) is 11.6. The molecule has 0 spiro atoms. The van der Waals surface area contributed by atoms with Crippen molar-refractivity contribution in [3.05, 3.63) is 40.7 Å². The molecule has 0 aliphatic heterocycles. The maximum Gasteiger partial charge on any atom is 0.271 e. The fourth-order valence-corrected chi connectivity index (χ4v) is 3.35. The number of nitrogens with two attached hydrogens (primary N) is 1. The summed E-state index contributed by atoms with van der Waals surface area (Å²) < 4.78 is 2.60. The number of hydrogen-bond acceptors (Lipinski definition) is 6. The molecule has 1 atom stereocenters. The molecule has 3 aromatic rings. The summed E-state index contributed by atoms with van der Waals surface area (Å²) in [7, 11) is 1.68. The van der Waals surface area contributed by atoms with Gasteiger partial charge in [0.05, 0.1) is 15.2 Å². The van der Waals surface area contributed by atoms with Crippen molar-refractivity contribution in [1.82, 2.24) is 25.3 Å². The monoisotopic (exact) mass is 330 g/mol. The Hall–Kier alpha value is -2.32. The molecular weight excluding hydrogens is 312 g/mol. The van der Waals surface area contributed by atoms with Gasteiger partial charge in [0.15, 0.2) is 5.69 Å². The Balaban J connectivity index is 1.69. The van der Waals surface area contributed by atoms with Gasteiger partial charge in [-0.15, -0.1) is 16.4 Å². The van der Waals surface area contributed by atoms with Crippen LogP contribution in [0.25, 0.3) is 10.2 Å². The van der Waals surface area contributed by atoms with E-state index >= 15 is 0 Å². The average molecular weight is 330 g/mol. The molecule has 0 saturated heterocycles. The van der Waals surface area contributed by atoms with E-state index in [0.717, 1.165) is 15.2 Å². The lowest BCUT2D eigenvalue weighted by Gasteiger charge is -2.10. The van der Waals surface area contributed by atoms with Crippen molar-refractivity contribution in [2.24, 2.45) is 12.8 Å². The smallest absolute Gasteiger partial charge is 0.271 e. The van der Waals surface area contributed by atoms with Gasteiger partial charge in [-0.3, -0.25) is 4.79 Å². The van der Waals surface area contributed by atoms with Gasteiger partial charge in [0, 0.05) is 26.1 Å². The highest BCUT2D eigenvalue weighted by Gasteiger charge is 2.19. The first kappa shape index (κ1) is 15.6. The Labute approximate surface area is 137 Å². The van der Waals surface area contributed by atoms with Crippen LogP contribution in [0.3, 0.4) is 0 Å². The van der Waals surface area contributed by atoms with Crippen molar-refractivity contribution in [1.29, 1.82) is 0 Å². The van der Waals surface area contributed by atoms with Crippen molar-refractivity contribution in [3.63, 3.8) is 0 Å². The maximum absolute atomic E-state index is 12.3. The molecule has 0 radical (unpaired) electrons. The first-order valence-corrected chi connectivity index (χ1v) is 8.14. The third kappa shape index (κ3) is 3.08. The fraction of sp³-hybridized carbons (Fsp3) is 0.333. The summed E-state index contributed by atoms with van der Waals surface area (Å²) in [6, 6.07) is 8.02. The number of aryl methyl sites for hydroxylation is 1. The first-order chi connectivity index (χ1) is 11.1. The number of rotatable bonds is 5. The van der Waals surface area contributed by atoms with Gasteiger partial charge in [0.25, 0.3) is 5.91 Å². The molecule has 8 heteroatoms. The quantitative estimate of drug-likeness (QED) is 0.737. The second-order valence-corrected chi connectivity index (χ2v) is 6.41. The number of carbonyl (C=O) groups is 1. The predicted molar refractivity (Wildman–Crippen MR) is 89.3 cm³/mol. The molecule has 2 aromatic heterocycles. The van der Waals surface area contributed by atoms with Crippen LogP contribution in [-0.4, -0.2) is 32.4 Å². The molecule has 23 heavy (non-hydrogen) atoms. The molecule has 7 nitrogen and oxygen atoms in total. The molecule has 3 rings (SSSR count). The minimum Gasteiger partial charge on any atom is -0.350 e. The second kappa shape index (κ2) is 6.43. The normalized spacial score (nSPS) is 12.5. The zero-order valence-electron chi connectivity index (χ0n) is 13.0. The Morgan fingerprint density at radius 1 is 1.43 bits per heavy atom. The van der Waals surface area contributed by atoms with E-state index < -0.39 is 0 Å². The van der Waals surface area contributed by atoms with Crippen molar-refractivity contribution in [2.45, 2.75) is 19.4 Å². The van der Waals surface area contributed by atoms with Gasteiger partial charge >= 0.3 is 0 Å². The predicted octanol–water partition coefficient (Wildman–Crippen LogP) is 1.42. The van der Waals surface area contributed by atoms with E-state index in [-0.39, 0.29) is 18.4 Å².